The first kappa shape index (κ1) is 17.3. The molecule has 106 valence electrons. The highest BCUT2D eigenvalue weighted by Crippen LogP contribution is 2.18. The van der Waals surface area contributed by atoms with E-state index >= 15 is 0 Å². The molecule has 0 aromatic heterocycles. The molecule has 18 heavy (non-hydrogen) atoms. The van der Waals surface area contributed by atoms with Crippen LogP contribution in [-0.2, 0) is 0 Å². The van der Waals surface area contributed by atoms with Crippen LogP contribution >= 0.6 is 0 Å². The summed E-state index contributed by atoms with van der Waals surface area (Å²) in [5, 5.41) is 0. The SMILES string of the molecule is C=C(C)C/C=C\N(C)C(CCC)CC[C@H](C)CC. The van der Waals surface area contributed by atoms with E-state index in [2.05, 4.69) is 58.5 Å². The number of allylic oxidation sites excluding steroid dienone is 2. The van der Waals surface area contributed by atoms with Gasteiger partial charge in [0.15, 0.2) is 0 Å². The number of hydrogen-bond donors (Lipinski definition) is 0. The molecule has 0 N–H and O–H groups in total. The molecule has 1 unspecified atom stereocenters. The Labute approximate surface area is 115 Å². The Morgan fingerprint density at radius 3 is 2.39 bits per heavy atom. The smallest absolute Gasteiger partial charge is 0.0281 e. The van der Waals surface area contributed by atoms with Crippen molar-refractivity contribution >= 4 is 0 Å². The summed E-state index contributed by atoms with van der Waals surface area (Å²) < 4.78 is 0. The van der Waals surface area contributed by atoms with Crippen LogP contribution in [0.1, 0.15) is 66.2 Å². The molecule has 0 heterocycles. The summed E-state index contributed by atoms with van der Waals surface area (Å²) in [6.07, 6.45) is 12.0. The third-order valence-corrected chi connectivity index (χ3v) is 3.69. The Balaban J connectivity index is 4.20. The summed E-state index contributed by atoms with van der Waals surface area (Å²) in [5.41, 5.74) is 1.23. The van der Waals surface area contributed by atoms with Crippen molar-refractivity contribution in [1.82, 2.24) is 4.90 Å². The van der Waals surface area contributed by atoms with Crippen LogP contribution in [-0.4, -0.2) is 18.0 Å². The van der Waals surface area contributed by atoms with Gasteiger partial charge in [0.1, 0.15) is 0 Å². The van der Waals surface area contributed by atoms with Crippen LogP contribution in [0.2, 0.25) is 0 Å². The van der Waals surface area contributed by atoms with Gasteiger partial charge in [-0.3, -0.25) is 0 Å². The van der Waals surface area contributed by atoms with Gasteiger partial charge >= 0.3 is 0 Å². The second-order valence-electron chi connectivity index (χ2n) is 5.74. The van der Waals surface area contributed by atoms with Gasteiger partial charge in [-0.1, -0.05) is 51.8 Å². The molecule has 0 saturated carbocycles. The van der Waals surface area contributed by atoms with E-state index in [9.17, 15) is 0 Å². The fraction of sp³-hybridized carbons (Fsp3) is 0.765. The molecule has 0 rings (SSSR count). The van der Waals surface area contributed by atoms with Crippen molar-refractivity contribution in [2.45, 2.75) is 72.3 Å². The maximum atomic E-state index is 3.93. The first-order valence-corrected chi connectivity index (χ1v) is 7.54. The Morgan fingerprint density at radius 1 is 1.22 bits per heavy atom. The van der Waals surface area contributed by atoms with Gasteiger partial charge in [-0.05, 0) is 44.7 Å². The van der Waals surface area contributed by atoms with Crippen molar-refractivity contribution in [1.29, 1.82) is 0 Å². The van der Waals surface area contributed by atoms with Gasteiger partial charge < -0.3 is 4.90 Å². The van der Waals surface area contributed by atoms with Crippen molar-refractivity contribution in [2.75, 3.05) is 7.05 Å². The minimum Gasteiger partial charge on any atom is -0.378 e. The third kappa shape index (κ3) is 8.38. The zero-order valence-corrected chi connectivity index (χ0v) is 13.2. The molecule has 2 atom stereocenters. The predicted molar refractivity (Wildman–Crippen MR) is 83.7 cm³/mol. The zero-order valence-electron chi connectivity index (χ0n) is 13.2. The quantitative estimate of drug-likeness (QED) is 0.470. The number of rotatable bonds is 10. The lowest BCUT2D eigenvalue weighted by Gasteiger charge is -2.27. The lowest BCUT2D eigenvalue weighted by Crippen LogP contribution is -2.27. The fourth-order valence-corrected chi connectivity index (χ4v) is 2.11. The fourth-order valence-electron chi connectivity index (χ4n) is 2.11. The van der Waals surface area contributed by atoms with Crippen LogP contribution in [0.3, 0.4) is 0 Å². The van der Waals surface area contributed by atoms with Crippen LogP contribution in [0, 0.1) is 5.92 Å². The van der Waals surface area contributed by atoms with Crippen LogP contribution in [0.15, 0.2) is 24.4 Å². The molecule has 0 aliphatic carbocycles. The summed E-state index contributed by atoms with van der Waals surface area (Å²) in [6.45, 7) is 12.9. The monoisotopic (exact) mass is 251 g/mol. The Morgan fingerprint density at radius 2 is 1.89 bits per heavy atom. The van der Waals surface area contributed by atoms with Crippen LogP contribution in [0.5, 0.6) is 0 Å². The largest absolute Gasteiger partial charge is 0.378 e. The summed E-state index contributed by atoms with van der Waals surface area (Å²) in [7, 11) is 2.21. The Bertz CT molecular complexity index is 242. The lowest BCUT2D eigenvalue weighted by atomic mass is 9.96. The molecule has 0 saturated heterocycles. The average Bonchev–Trinajstić information content (AvgIpc) is 2.33. The molecule has 0 radical (unpaired) electrons. The summed E-state index contributed by atoms with van der Waals surface area (Å²) in [5.74, 6) is 0.858. The normalized spacial score (nSPS) is 14.7. The molecule has 1 heteroatoms. The molecule has 0 amide bonds. The predicted octanol–water partition coefficient (Wildman–Crippen LogP) is 5.39. The van der Waals surface area contributed by atoms with Crippen LogP contribution < -0.4 is 0 Å². The Kier molecular flexibility index (Phi) is 9.82. The third-order valence-electron chi connectivity index (χ3n) is 3.69. The van der Waals surface area contributed by atoms with Gasteiger partial charge in [-0.2, -0.15) is 0 Å². The van der Waals surface area contributed by atoms with Gasteiger partial charge in [-0.25, -0.2) is 0 Å². The van der Waals surface area contributed by atoms with Crippen molar-refractivity contribution in [3.8, 4) is 0 Å². The van der Waals surface area contributed by atoms with E-state index < -0.39 is 0 Å². The Hall–Kier alpha value is -0.720. The molecule has 0 aliphatic rings. The average molecular weight is 251 g/mol. The molecule has 0 aromatic carbocycles. The second kappa shape index (κ2) is 10.2. The van der Waals surface area contributed by atoms with E-state index in [1.807, 2.05) is 0 Å². The molecule has 1 nitrogen and oxygen atoms in total. The van der Waals surface area contributed by atoms with E-state index in [4.69, 9.17) is 0 Å². The van der Waals surface area contributed by atoms with E-state index in [0.29, 0.717) is 6.04 Å². The number of nitrogens with zero attached hydrogens (tertiary/aromatic N) is 1. The maximum absolute atomic E-state index is 3.93. The van der Waals surface area contributed by atoms with Crippen LogP contribution in [0.4, 0.5) is 0 Å². The molecular formula is C17H33N. The highest BCUT2D eigenvalue weighted by molar-refractivity contribution is 4.98. The van der Waals surface area contributed by atoms with E-state index in [1.54, 1.807) is 0 Å². The molecule has 0 aliphatic heterocycles. The zero-order chi connectivity index (χ0) is 14.0. The maximum Gasteiger partial charge on any atom is 0.0281 e. The van der Waals surface area contributed by atoms with Gasteiger partial charge in [0.25, 0.3) is 0 Å². The number of hydrogen-bond acceptors (Lipinski definition) is 1. The van der Waals surface area contributed by atoms with Crippen molar-refractivity contribution in [3.63, 3.8) is 0 Å². The van der Waals surface area contributed by atoms with Gasteiger partial charge in [0, 0.05) is 13.1 Å². The lowest BCUT2D eigenvalue weighted by molar-refractivity contribution is 0.272. The highest BCUT2D eigenvalue weighted by atomic mass is 15.1. The molecule has 0 bridgehead atoms. The minimum absolute atomic E-state index is 0.699. The topological polar surface area (TPSA) is 3.24 Å². The van der Waals surface area contributed by atoms with Crippen molar-refractivity contribution in [2.24, 2.45) is 5.92 Å². The van der Waals surface area contributed by atoms with E-state index in [1.165, 1.54) is 37.7 Å². The summed E-state index contributed by atoms with van der Waals surface area (Å²) in [6, 6.07) is 0.699. The van der Waals surface area contributed by atoms with Gasteiger partial charge in [-0.15, -0.1) is 0 Å². The summed E-state index contributed by atoms with van der Waals surface area (Å²) >= 11 is 0. The van der Waals surface area contributed by atoms with Gasteiger partial charge in [0.05, 0.1) is 0 Å². The second-order valence-corrected chi connectivity index (χ2v) is 5.74. The summed E-state index contributed by atoms with van der Waals surface area (Å²) in [4.78, 5) is 2.40. The molecular weight excluding hydrogens is 218 g/mol. The van der Waals surface area contributed by atoms with Crippen molar-refractivity contribution in [3.05, 3.63) is 24.4 Å². The standard InChI is InChI=1S/C17H33N/c1-7-10-17(13-12-16(5)8-2)18(6)14-9-11-15(3)4/h9,14,16-17H,3,7-8,10-13H2,1-2,4-6H3/b14-9-/t16-,17?/m1/s1. The first-order chi connectivity index (χ1) is 8.51. The first-order valence-electron chi connectivity index (χ1n) is 7.54. The molecule has 0 fully saturated rings. The van der Waals surface area contributed by atoms with Crippen LogP contribution in [0.25, 0.3) is 0 Å². The van der Waals surface area contributed by atoms with E-state index in [0.717, 1.165) is 12.3 Å². The van der Waals surface area contributed by atoms with Gasteiger partial charge in [0.2, 0.25) is 0 Å². The molecule has 0 aromatic rings. The van der Waals surface area contributed by atoms with E-state index in [-0.39, 0.29) is 0 Å². The highest BCUT2D eigenvalue weighted by Gasteiger charge is 2.12. The minimum atomic E-state index is 0.699. The van der Waals surface area contributed by atoms with Crippen molar-refractivity contribution < 1.29 is 0 Å². The molecule has 0 spiro atoms.